The van der Waals surface area contributed by atoms with Crippen LogP contribution in [0, 0.1) is 0 Å². The van der Waals surface area contributed by atoms with Gasteiger partial charge in [-0.3, -0.25) is 9.78 Å². The SMILES string of the molecule is NC(=O)C(O)CNCc1ccc(O)cn1. The van der Waals surface area contributed by atoms with Crippen molar-refractivity contribution < 1.29 is 15.0 Å². The van der Waals surface area contributed by atoms with Gasteiger partial charge in [-0.15, -0.1) is 0 Å². The minimum atomic E-state index is -1.19. The van der Waals surface area contributed by atoms with Crippen molar-refractivity contribution in [3.63, 3.8) is 0 Å². The van der Waals surface area contributed by atoms with Crippen LogP contribution in [0.4, 0.5) is 0 Å². The number of pyridine rings is 1. The van der Waals surface area contributed by atoms with E-state index < -0.39 is 12.0 Å². The number of aromatic nitrogens is 1. The molecular formula is C9H13N3O3. The van der Waals surface area contributed by atoms with Gasteiger partial charge in [0, 0.05) is 13.1 Å². The van der Waals surface area contributed by atoms with Gasteiger partial charge >= 0.3 is 0 Å². The van der Waals surface area contributed by atoms with Crippen LogP contribution in [0.2, 0.25) is 0 Å². The molecule has 1 aromatic rings. The number of rotatable bonds is 5. The van der Waals surface area contributed by atoms with E-state index in [1.54, 1.807) is 6.07 Å². The van der Waals surface area contributed by atoms with Crippen LogP contribution in [0.1, 0.15) is 5.69 Å². The van der Waals surface area contributed by atoms with Crippen molar-refractivity contribution in [1.82, 2.24) is 10.3 Å². The fraction of sp³-hybridized carbons (Fsp3) is 0.333. The molecule has 6 nitrogen and oxygen atoms in total. The van der Waals surface area contributed by atoms with Gasteiger partial charge in [0.1, 0.15) is 11.9 Å². The molecule has 1 atom stereocenters. The summed E-state index contributed by atoms with van der Waals surface area (Å²) in [6, 6.07) is 3.15. The molecule has 0 aliphatic carbocycles. The zero-order valence-corrected chi connectivity index (χ0v) is 8.05. The number of carbonyl (C=O) groups is 1. The van der Waals surface area contributed by atoms with E-state index in [9.17, 15) is 4.79 Å². The predicted molar refractivity (Wildman–Crippen MR) is 52.8 cm³/mol. The molecule has 0 saturated carbocycles. The fourth-order valence-electron chi connectivity index (χ4n) is 0.959. The molecule has 0 bridgehead atoms. The third-order valence-corrected chi connectivity index (χ3v) is 1.78. The van der Waals surface area contributed by atoms with E-state index in [2.05, 4.69) is 10.3 Å². The summed E-state index contributed by atoms with van der Waals surface area (Å²) in [6.45, 7) is 0.475. The van der Waals surface area contributed by atoms with Crippen molar-refractivity contribution in [2.24, 2.45) is 5.73 Å². The Labute approximate surface area is 86.8 Å². The van der Waals surface area contributed by atoms with Gasteiger partial charge in [-0.2, -0.15) is 0 Å². The molecule has 6 heteroatoms. The Morgan fingerprint density at radius 3 is 2.87 bits per heavy atom. The summed E-state index contributed by atoms with van der Waals surface area (Å²) < 4.78 is 0. The number of aromatic hydroxyl groups is 1. The molecule has 0 aliphatic heterocycles. The number of nitrogens with zero attached hydrogens (tertiary/aromatic N) is 1. The maximum atomic E-state index is 10.5. The summed E-state index contributed by atoms with van der Waals surface area (Å²) in [6.07, 6.45) is 0.128. The lowest BCUT2D eigenvalue weighted by Gasteiger charge is -2.07. The van der Waals surface area contributed by atoms with Crippen molar-refractivity contribution in [2.45, 2.75) is 12.6 Å². The van der Waals surface area contributed by atoms with Gasteiger partial charge in [-0.25, -0.2) is 0 Å². The molecule has 82 valence electrons. The molecule has 1 heterocycles. The highest BCUT2D eigenvalue weighted by molar-refractivity contribution is 5.78. The van der Waals surface area contributed by atoms with E-state index in [0.717, 1.165) is 0 Å². The van der Waals surface area contributed by atoms with Gasteiger partial charge < -0.3 is 21.3 Å². The van der Waals surface area contributed by atoms with Crippen LogP contribution in [0.3, 0.4) is 0 Å². The van der Waals surface area contributed by atoms with E-state index in [1.165, 1.54) is 12.3 Å². The van der Waals surface area contributed by atoms with Crippen LogP contribution < -0.4 is 11.1 Å². The highest BCUT2D eigenvalue weighted by Crippen LogP contribution is 2.05. The second kappa shape index (κ2) is 5.28. The highest BCUT2D eigenvalue weighted by Gasteiger charge is 2.09. The Hall–Kier alpha value is -1.66. The third kappa shape index (κ3) is 3.92. The quantitative estimate of drug-likeness (QED) is 0.485. The van der Waals surface area contributed by atoms with Crippen molar-refractivity contribution in [2.75, 3.05) is 6.54 Å². The number of nitrogens with two attached hydrogens (primary N) is 1. The van der Waals surface area contributed by atoms with Crippen LogP contribution >= 0.6 is 0 Å². The number of hydrogen-bond donors (Lipinski definition) is 4. The van der Waals surface area contributed by atoms with Gasteiger partial charge in [0.25, 0.3) is 0 Å². The number of carbonyl (C=O) groups excluding carboxylic acids is 1. The second-order valence-electron chi connectivity index (χ2n) is 3.06. The molecule has 1 aromatic heterocycles. The Morgan fingerprint density at radius 1 is 1.60 bits per heavy atom. The van der Waals surface area contributed by atoms with E-state index in [0.29, 0.717) is 12.2 Å². The van der Waals surface area contributed by atoms with E-state index in [4.69, 9.17) is 15.9 Å². The van der Waals surface area contributed by atoms with Gasteiger partial charge in [0.2, 0.25) is 5.91 Å². The molecule has 0 saturated heterocycles. The minimum Gasteiger partial charge on any atom is -0.506 e. The lowest BCUT2D eigenvalue weighted by Crippen LogP contribution is -2.37. The zero-order chi connectivity index (χ0) is 11.3. The van der Waals surface area contributed by atoms with Crippen molar-refractivity contribution in [3.05, 3.63) is 24.0 Å². The molecule has 1 unspecified atom stereocenters. The first kappa shape index (κ1) is 11.4. The average molecular weight is 211 g/mol. The summed E-state index contributed by atoms with van der Waals surface area (Å²) in [7, 11) is 0. The van der Waals surface area contributed by atoms with E-state index in [-0.39, 0.29) is 12.3 Å². The molecular weight excluding hydrogens is 198 g/mol. The molecule has 1 rings (SSSR count). The number of nitrogens with one attached hydrogen (secondary N) is 1. The smallest absolute Gasteiger partial charge is 0.247 e. The maximum absolute atomic E-state index is 10.5. The molecule has 1 amide bonds. The standard InChI is InChI=1S/C9H13N3O3/c10-9(15)8(14)5-11-3-6-1-2-7(13)4-12-6/h1-2,4,8,11,13-14H,3,5H2,(H2,10,15). The van der Waals surface area contributed by atoms with Crippen LogP contribution in [-0.4, -0.2) is 33.8 Å². The van der Waals surface area contributed by atoms with Crippen LogP contribution in [0.15, 0.2) is 18.3 Å². The van der Waals surface area contributed by atoms with Gasteiger partial charge in [-0.05, 0) is 12.1 Å². The van der Waals surface area contributed by atoms with Crippen LogP contribution in [0.25, 0.3) is 0 Å². The largest absolute Gasteiger partial charge is 0.506 e. The van der Waals surface area contributed by atoms with E-state index in [1.807, 2.05) is 0 Å². The third-order valence-electron chi connectivity index (χ3n) is 1.78. The Kier molecular flexibility index (Phi) is 4.02. The molecule has 0 fully saturated rings. The maximum Gasteiger partial charge on any atom is 0.247 e. The first-order valence-electron chi connectivity index (χ1n) is 4.41. The monoisotopic (exact) mass is 211 g/mol. The summed E-state index contributed by atoms with van der Waals surface area (Å²) in [5.74, 6) is -0.669. The molecule has 15 heavy (non-hydrogen) atoms. The first-order valence-corrected chi connectivity index (χ1v) is 4.41. The summed E-state index contributed by atoms with van der Waals surface area (Å²) in [5, 5.41) is 20.8. The lowest BCUT2D eigenvalue weighted by molar-refractivity contribution is -0.125. The van der Waals surface area contributed by atoms with Gasteiger partial charge in [0.05, 0.1) is 11.9 Å². The second-order valence-corrected chi connectivity index (χ2v) is 3.06. The number of aliphatic hydroxyl groups is 1. The molecule has 0 aromatic carbocycles. The van der Waals surface area contributed by atoms with Gasteiger partial charge in [-0.1, -0.05) is 0 Å². The van der Waals surface area contributed by atoms with Crippen molar-refractivity contribution >= 4 is 5.91 Å². The average Bonchev–Trinajstić information content (AvgIpc) is 2.20. The highest BCUT2D eigenvalue weighted by atomic mass is 16.3. The van der Waals surface area contributed by atoms with Crippen molar-refractivity contribution in [3.8, 4) is 5.75 Å². The number of aliphatic hydroxyl groups excluding tert-OH is 1. The topological polar surface area (TPSA) is 108 Å². The number of amides is 1. The normalized spacial score (nSPS) is 12.3. The van der Waals surface area contributed by atoms with E-state index >= 15 is 0 Å². The number of primary amides is 1. The summed E-state index contributed by atoms with van der Waals surface area (Å²) >= 11 is 0. The van der Waals surface area contributed by atoms with Crippen LogP contribution in [-0.2, 0) is 11.3 Å². The Bertz CT molecular complexity index is 326. The molecule has 0 aliphatic rings. The molecule has 0 radical (unpaired) electrons. The lowest BCUT2D eigenvalue weighted by atomic mass is 10.3. The van der Waals surface area contributed by atoms with Gasteiger partial charge in [0.15, 0.2) is 0 Å². The summed E-state index contributed by atoms with van der Waals surface area (Å²) in [5.41, 5.74) is 5.56. The predicted octanol–water partition coefficient (Wildman–Crippen LogP) is -1.28. The number of hydrogen-bond acceptors (Lipinski definition) is 5. The molecule has 5 N–H and O–H groups in total. The van der Waals surface area contributed by atoms with Crippen molar-refractivity contribution in [1.29, 1.82) is 0 Å². The molecule has 0 spiro atoms. The fourth-order valence-corrected chi connectivity index (χ4v) is 0.959. The van der Waals surface area contributed by atoms with Crippen LogP contribution in [0.5, 0.6) is 5.75 Å². The summed E-state index contributed by atoms with van der Waals surface area (Å²) in [4.78, 5) is 14.4. The first-order chi connectivity index (χ1) is 7.09. The Morgan fingerprint density at radius 2 is 2.33 bits per heavy atom. The Balaban J connectivity index is 2.32. The zero-order valence-electron chi connectivity index (χ0n) is 8.05. The minimum absolute atomic E-state index is 0.0812.